The highest BCUT2D eigenvalue weighted by molar-refractivity contribution is 7.91. The number of amides is 1. The summed E-state index contributed by atoms with van der Waals surface area (Å²) in [4.78, 5) is 24.8. The van der Waals surface area contributed by atoms with E-state index in [1.165, 1.54) is 16.3 Å². The van der Waals surface area contributed by atoms with Crippen LogP contribution in [0.4, 0.5) is 0 Å². The van der Waals surface area contributed by atoms with Gasteiger partial charge in [0.05, 0.1) is 11.0 Å². The molecule has 2 rings (SSSR count). The molecular weight excluding hydrogens is 304 g/mol. The highest BCUT2D eigenvalue weighted by Gasteiger charge is 2.42. The molecular formula is C11H14N2O5S2. The number of hydrogen-bond acceptors (Lipinski definition) is 5. The second-order valence-corrected chi connectivity index (χ2v) is 7.74. The van der Waals surface area contributed by atoms with Gasteiger partial charge in [0.25, 0.3) is 5.91 Å². The minimum absolute atomic E-state index is 0.0824. The highest BCUT2D eigenvalue weighted by Crippen LogP contribution is 2.31. The van der Waals surface area contributed by atoms with E-state index in [-0.39, 0.29) is 22.2 Å². The molecule has 1 aromatic rings. The number of carbonyl (C=O) groups is 2. The summed E-state index contributed by atoms with van der Waals surface area (Å²) in [5, 5.41) is 15.5. The predicted octanol–water partition coefficient (Wildman–Crippen LogP) is 0.332. The molecule has 1 fully saturated rings. The number of nitrogens with two attached hydrogens (primary N) is 1. The average molecular weight is 318 g/mol. The molecule has 0 saturated carbocycles. The van der Waals surface area contributed by atoms with Crippen LogP contribution in [0.2, 0.25) is 0 Å². The van der Waals surface area contributed by atoms with Crippen molar-refractivity contribution in [3.05, 3.63) is 17.0 Å². The number of nitrogens with zero attached hydrogens (tertiary/aromatic N) is 1. The van der Waals surface area contributed by atoms with Crippen molar-refractivity contribution in [2.45, 2.75) is 17.6 Å². The van der Waals surface area contributed by atoms with Crippen LogP contribution in [0.5, 0.6) is 0 Å². The summed E-state index contributed by atoms with van der Waals surface area (Å²) in [7, 11) is -3.82. The largest absolute Gasteiger partial charge is 0.481 e. The highest BCUT2D eigenvalue weighted by atomic mass is 32.2. The summed E-state index contributed by atoms with van der Waals surface area (Å²) in [6.45, 7) is 2.04. The molecule has 1 aromatic heterocycles. The molecule has 9 heteroatoms. The van der Waals surface area contributed by atoms with Crippen LogP contribution in [0.25, 0.3) is 0 Å². The van der Waals surface area contributed by atoms with Gasteiger partial charge in [-0.15, -0.1) is 11.3 Å². The van der Waals surface area contributed by atoms with Crippen LogP contribution in [0, 0.1) is 5.41 Å². The first-order chi connectivity index (χ1) is 9.13. The summed E-state index contributed by atoms with van der Waals surface area (Å²) in [6.07, 6.45) is 0.375. The van der Waals surface area contributed by atoms with Gasteiger partial charge in [0, 0.05) is 18.5 Å². The number of carboxylic acid groups (broad SMARTS) is 1. The van der Waals surface area contributed by atoms with E-state index in [0.29, 0.717) is 13.0 Å². The Hall–Kier alpha value is -1.45. The van der Waals surface area contributed by atoms with Crippen LogP contribution < -0.4 is 5.14 Å². The molecule has 20 heavy (non-hydrogen) atoms. The van der Waals surface area contributed by atoms with Crippen molar-refractivity contribution in [1.29, 1.82) is 0 Å². The van der Waals surface area contributed by atoms with E-state index >= 15 is 0 Å². The van der Waals surface area contributed by atoms with E-state index in [1.54, 1.807) is 6.92 Å². The number of thiophene rings is 1. The first-order valence-electron chi connectivity index (χ1n) is 5.77. The molecule has 1 aliphatic rings. The molecule has 0 bridgehead atoms. The third-order valence-electron chi connectivity index (χ3n) is 3.38. The molecule has 1 saturated heterocycles. The molecule has 3 N–H and O–H groups in total. The zero-order valence-electron chi connectivity index (χ0n) is 10.7. The molecule has 0 spiro atoms. The quantitative estimate of drug-likeness (QED) is 0.833. The Morgan fingerprint density at radius 2 is 2.15 bits per heavy atom. The zero-order valence-corrected chi connectivity index (χ0v) is 12.3. The second kappa shape index (κ2) is 4.83. The van der Waals surface area contributed by atoms with Gasteiger partial charge in [0.1, 0.15) is 4.21 Å². The summed E-state index contributed by atoms with van der Waals surface area (Å²) >= 11 is 0.873. The number of hydrogen-bond donors (Lipinski definition) is 2. The first kappa shape index (κ1) is 14.9. The molecule has 2 heterocycles. The molecule has 1 unspecified atom stereocenters. The van der Waals surface area contributed by atoms with Crippen molar-refractivity contribution >= 4 is 33.2 Å². The van der Waals surface area contributed by atoms with Crippen molar-refractivity contribution in [2.24, 2.45) is 10.6 Å². The van der Waals surface area contributed by atoms with Gasteiger partial charge in [-0.25, -0.2) is 13.6 Å². The smallest absolute Gasteiger partial charge is 0.311 e. The van der Waals surface area contributed by atoms with E-state index in [1.807, 2.05) is 0 Å². The van der Waals surface area contributed by atoms with Gasteiger partial charge in [0.15, 0.2) is 0 Å². The second-order valence-electron chi connectivity index (χ2n) is 5.04. The molecule has 7 nitrogen and oxygen atoms in total. The fourth-order valence-electron chi connectivity index (χ4n) is 2.07. The number of rotatable bonds is 3. The third-order valence-corrected chi connectivity index (χ3v) is 5.77. The van der Waals surface area contributed by atoms with Gasteiger partial charge in [-0.1, -0.05) is 0 Å². The summed E-state index contributed by atoms with van der Waals surface area (Å²) in [6, 6.07) is 1.22. The minimum atomic E-state index is -3.82. The molecule has 110 valence electrons. The first-order valence-corrected chi connectivity index (χ1v) is 8.20. The number of likely N-dealkylation sites (tertiary alicyclic amines) is 1. The Labute approximate surface area is 120 Å². The van der Waals surface area contributed by atoms with Crippen molar-refractivity contribution in [1.82, 2.24) is 4.90 Å². The van der Waals surface area contributed by atoms with Gasteiger partial charge in [0.2, 0.25) is 10.0 Å². The third kappa shape index (κ3) is 2.69. The topological polar surface area (TPSA) is 118 Å². The maximum Gasteiger partial charge on any atom is 0.311 e. The van der Waals surface area contributed by atoms with E-state index in [2.05, 4.69) is 0 Å². The van der Waals surface area contributed by atoms with E-state index in [0.717, 1.165) is 11.3 Å². The van der Waals surface area contributed by atoms with Gasteiger partial charge in [-0.2, -0.15) is 0 Å². The van der Waals surface area contributed by atoms with Crippen LogP contribution in [0.3, 0.4) is 0 Å². The lowest BCUT2D eigenvalue weighted by Gasteiger charge is -2.19. The zero-order chi connectivity index (χ0) is 15.1. The van der Waals surface area contributed by atoms with Crippen molar-refractivity contribution in [3.63, 3.8) is 0 Å². The predicted molar refractivity (Wildman–Crippen MR) is 72.0 cm³/mol. The average Bonchev–Trinajstić information content (AvgIpc) is 2.94. The Morgan fingerprint density at radius 1 is 1.50 bits per heavy atom. The SMILES string of the molecule is CC1(C(=O)O)CCN(C(=O)c2csc(S(N)(=O)=O)c2)C1. The van der Waals surface area contributed by atoms with Crippen LogP contribution >= 0.6 is 11.3 Å². The fourth-order valence-corrected chi connectivity index (χ4v) is 3.65. The molecule has 0 aliphatic carbocycles. The molecule has 0 aromatic carbocycles. The minimum Gasteiger partial charge on any atom is -0.481 e. The van der Waals surface area contributed by atoms with Gasteiger partial charge >= 0.3 is 5.97 Å². The van der Waals surface area contributed by atoms with Crippen molar-refractivity contribution in [2.75, 3.05) is 13.1 Å². The normalized spacial score (nSPS) is 23.0. The molecule has 1 atom stereocenters. The monoisotopic (exact) mass is 318 g/mol. The molecule has 0 radical (unpaired) electrons. The summed E-state index contributed by atoms with van der Waals surface area (Å²) in [5.74, 6) is -1.32. The van der Waals surface area contributed by atoms with Crippen LogP contribution in [-0.4, -0.2) is 43.4 Å². The lowest BCUT2D eigenvalue weighted by atomic mass is 9.90. The summed E-state index contributed by atoms with van der Waals surface area (Å²) < 4.78 is 22.3. The number of primary sulfonamides is 1. The van der Waals surface area contributed by atoms with Crippen LogP contribution in [0.15, 0.2) is 15.7 Å². The maximum atomic E-state index is 12.2. The maximum absolute atomic E-state index is 12.2. The van der Waals surface area contributed by atoms with Gasteiger partial charge < -0.3 is 10.0 Å². The number of aliphatic carboxylic acids is 1. The Kier molecular flexibility index (Phi) is 3.61. The fraction of sp³-hybridized carbons (Fsp3) is 0.455. The van der Waals surface area contributed by atoms with Crippen molar-refractivity contribution < 1.29 is 23.1 Å². The number of carboxylic acids is 1. The van der Waals surface area contributed by atoms with Gasteiger partial charge in [-0.05, 0) is 19.4 Å². The van der Waals surface area contributed by atoms with E-state index < -0.39 is 21.4 Å². The Balaban J connectivity index is 2.18. The van der Waals surface area contributed by atoms with E-state index in [9.17, 15) is 18.0 Å². The van der Waals surface area contributed by atoms with Gasteiger partial charge in [-0.3, -0.25) is 9.59 Å². The molecule has 1 aliphatic heterocycles. The molecule has 1 amide bonds. The summed E-state index contributed by atoms with van der Waals surface area (Å²) in [5.41, 5.74) is -0.734. The lowest BCUT2D eigenvalue weighted by molar-refractivity contribution is -0.147. The standard InChI is InChI=1S/C11H14N2O5S2/c1-11(10(15)16)2-3-13(6-11)9(14)7-4-8(19-5-7)20(12,17)18/h4-5H,2-3,6H2,1H3,(H,15,16)(H2,12,17,18). The van der Waals surface area contributed by atoms with Crippen LogP contribution in [0.1, 0.15) is 23.7 Å². The Morgan fingerprint density at radius 3 is 2.60 bits per heavy atom. The number of carbonyl (C=O) groups excluding carboxylic acids is 1. The lowest BCUT2D eigenvalue weighted by Crippen LogP contribution is -2.34. The Bertz CT molecular complexity index is 666. The van der Waals surface area contributed by atoms with Crippen LogP contribution in [-0.2, 0) is 14.8 Å². The number of sulfonamides is 1. The van der Waals surface area contributed by atoms with Crippen molar-refractivity contribution in [3.8, 4) is 0 Å². The van der Waals surface area contributed by atoms with E-state index in [4.69, 9.17) is 10.2 Å².